The first kappa shape index (κ1) is 21.9. The van der Waals surface area contributed by atoms with Gasteiger partial charge in [-0.25, -0.2) is 0 Å². The van der Waals surface area contributed by atoms with Crippen LogP contribution in [0.1, 0.15) is 33.3 Å². The van der Waals surface area contributed by atoms with E-state index < -0.39 is 5.60 Å². The van der Waals surface area contributed by atoms with Crippen LogP contribution in [0.25, 0.3) is 10.9 Å². The van der Waals surface area contributed by atoms with Crippen LogP contribution in [-0.2, 0) is 16.0 Å². The molecule has 1 heterocycles. The second-order valence-electron chi connectivity index (χ2n) is 7.72. The minimum Gasteiger partial charge on any atom is -0.459 e. The topological polar surface area (TPSA) is 45.3 Å². The lowest BCUT2D eigenvalue weighted by Gasteiger charge is -2.26. The summed E-state index contributed by atoms with van der Waals surface area (Å²) in [7, 11) is 0. The van der Waals surface area contributed by atoms with Gasteiger partial charge in [-0.2, -0.15) is 0 Å². The molecule has 0 fully saturated rings. The first-order chi connectivity index (χ1) is 13.6. The highest BCUT2D eigenvalue weighted by molar-refractivity contribution is 8.00. The minimum absolute atomic E-state index is 0.0868. The summed E-state index contributed by atoms with van der Waals surface area (Å²) in [4.78, 5) is 16.7. The fraction of sp³-hybridized carbons (Fsp3) is 0.318. The number of fused-ring (bicyclic) bond motifs is 1. The zero-order chi connectivity index (χ0) is 21.2. The molecular formula is C22H24Cl2N2O2S. The van der Waals surface area contributed by atoms with Crippen molar-refractivity contribution in [3.05, 3.63) is 58.2 Å². The number of nitrogens with one attached hydrogen (secondary N) is 1. The van der Waals surface area contributed by atoms with E-state index in [0.29, 0.717) is 10.0 Å². The molecule has 29 heavy (non-hydrogen) atoms. The van der Waals surface area contributed by atoms with Crippen molar-refractivity contribution in [2.45, 2.75) is 44.6 Å². The van der Waals surface area contributed by atoms with E-state index in [4.69, 9.17) is 27.9 Å². The lowest BCUT2D eigenvalue weighted by Crippen LogP contribution is -2.31. The lowest BCUT2D eigenvalue weighted by molar-refractivity contribution is -0.152. The molecular weight excluding hydrogens is 427 g/mol. The highest BCUT2D eigenvalue weighted by Crippen LogP contribution is 2.34. The normalized spacial score (nSPS) is 11.7. The molecule has 154 valence electrons. The van der Waals surface area contributed by atoms with Crippen molar-refractivity contribution in [1.82, 2.24) is 4.98 Å². The number of hydrogen-bond acceptors (Lipinski definition) is 4. The number of benzene rings is 2. The minimum atomic E-state index is -0.549. The van der Waals surface area contributed by atoms with Crippen LogP contribution in [0.4, 0.5) is 5.69 Å². The molecule has 0 saturated carbocycles. The van der Waals surface area contributed by atoms with Gasteiger partial charge >= 0.3 is 5.97 Å². The van der Waals surface area contributed by atoms with Crippen molar-refractivity contribution in [2.24, 2.45) is 0 Å². The number of anilines is 1. The number of carbonyl (C=O) groups is 1. The van der Waals surface area contributed by atoms with Crippen LogP contribution in [0.3, 0.4) is 0 Å². The third-order valence-corrected chi connectivity index (χ3v) is 5.61. The maximum atomic E-state index is 12.6. The van der Waals surface area contributed by atoms with Gasteiger partial charge in [0.25, 0.3) is 0 Å². The third-order valence-electron chi connectivity index (χ3n) is 4.16. The SMILES string of the molecule is CCc1c[nH]c2ccc(N(CC(=O)OC(C)(C)C)Sc3cc(Cl)cc(Cl)c3)cc12. The predicted molar refractivity (Wildman–Crippen MR) is 123 cm³/mol. The fourth-order valence-electron chi connectivity index (χ4n) is 2.99. The molecule has 3 aromatic rings. The Morgan fingerprint density at radius 1 is 1.14 bits per heavy atom. The number of halogens is 2. The van der Waals surface area contributed by atoms with Crippen LogP contribution in [0.2, 0.25) is 10.0 Å². The van der Waals surface area contributed by atoms with Crippen molar-refractivity contribution < 1.29 is 9.53 Å². The number of carbonyl (C=O) groups excluding carboxylic acids is 1. The quantitative estimate of drug-likeness (QED) is 0.327. The van der Waals surface area contributed by atoms with E-state index in [1.807, 2.05) is 55.5 Å². The van der Waals surface area contributed by atoms with Crippen molar-refractivity contribution in [1.29, 1.82) is 0 Å². The molecule has 7 heteroatoms. The van der Waals surface area contributed by atoms with E-state index in [9.17, 15) is 4.79 Å². The van der Waals surface area contributed by atoms with Gasteiger partial charge in [0.05, 0.1) is 0 Å². The molecule has 3 rings (SSSR count). The molecule has 0 atom stereocenters. The predicted octanol–water partition coefficient (Wildman–Crippen LogP) is 6.89. The van der Waals surface area contributed by atoms with Gasteiger partial charge in [0, 0.05) is 37.7 Å². The van der Waals surface area contributed by atoms with Gasteiger partial charge in [-0.15, -0.1) is 0 Å². The maximum Gasteiger partial charge on any atom is 0.327 e. The van der Waals surface area contributed by atoms with E-state index in [1.54, 1.807) is 6.07 Å². The van der Waals surface area contributed by atoms with Crippen molar-refractivity contribution in [2.75, 3.05) is 10.8 Å². The number of hydrogen-bond donors (Lipinski definition) is 1. The standard InChI is InChI=1S/C22H24Cl2N2O2S/c1-5-14-12-25-20-7-6-17(11-19(14)20)26(13-21(27)28-22(2,3)4)29-18-9-15(23)8-16(24)10-18/h6-12,25H,5,13H2,1-4H3. The Morgan fingerprint density at radius 3 is 2.45 bits per heavy atom. The summed E-state index contributed by atoms with van der Waals surface area (Å²) in [5.41, 5.74) is 2.65. The molecule has 0 radical (unpaired) electrons. The Morgan fingerprint density at radius 2 is 1.83 bits per heavy atom. The first-order valence-corrected chi connectivity index (χ1v) is 10.9. The first-order valence-electron chi connectivity index (χ1n) is 9.38. The molecule has 1 aromatic heterocycles. The van der Waals surface area contributed by atoms with Gasteiger partial charge in [-0.3, -0.25) is 4.79 Å². The summed E-state index contributed by atoms with van der Waals surface area (Å²) in [6, 6.07) is 11.4. The van der Waals surface area contributed by atoms with Crippen LogP contribution in [0.5, 0.6) is 0 Å². The molecule has 4 nitrogen and oxygen atoms in total. The monoisotopic (exact) mass is 450 g/mol. The summed E-state index contributed by atoms with van der Waals surface area (Å²) in [6.45, 7) is 7.79. The Bertz CT molecular complexity index is 1010. The average molecular weight is 451 g/mol. The fourth-order valence-corrected chi connectivity index (χ4v) is 4.65. The lowest BCUT2D eigenvalue weighted by atomic mass is 10.1. The second kappa shape index (κ2) is 8.90. The van der Waals surface area contributed by atoms with Crippen molar-refractivity contribution >= 4 is 57.7 Å². The van der Waals surface area contributed by atoms with Gasteiger partial charge in [0.2, 0.25) is 0 Å². The van der Waals surface area contributed by atoms with Gasteiger partial charge in [-0.1, -0.05) is 30.1 Å². The molecule has 0 aliphatic heterocycles. The number of rotatable bonds is 6. The number of aromatic amines is 1. The second-order valence-corrected chi connectivity index (χ2v) is 9.68. The number of H-pyrrole nitrogens is 1. The van der Waals surface area contributed by atoms with E-state index in [2.05, 4.69) is 18.0 Å². The number of aromatic nitrogens is 1. The Hall–Kier alpha value is -1.82. The van der Waals surface area contributed by atoms with Crippen LogP contribution < -0.4 is 4.31 Å². The Kier molecular flexibility index (Phi) is 6.72. The van der Waals surface area contributed by atoms with E-state index in [-0.39, 0.29) is 12.5 Å². The molecule has 0 aliphatic rings. The summed E-state index contributed by atoms with van der Waals surface area (Å²) >= 11 is 13.7. The Labute approximate surface area is 185 Å². The zero-order valence-electron chi connectivity index (χ0n) is 16.9. The molecule has 0 unspecified atom stereocenters. The number of nitrogens with zero attached hydrogens (tertiary/aromatic N) is 1. The number of esters is 1. The molecule has 2 aromatic carbocycles. The smallest absolute Gasteiger partial charge is 0.327 e. The van der Waals surface area contributed by atoms with E-state index >= 15 is 0 Å². The van der Waals surface area contributed by atoms with Crippen molar-refractivity contribution in [3.8, 4) is 0 Å². The molecule has 0 saturated heterocycles. The molecule has 0 amide bonds. The van der Waals surface area contributed by atoms with E-state index in [0.717, 1.165) is 27.9 Å². The largest absolute Gasteiger partial charge is 0.459 e. The van der Waals surface area contributed by atoms with Crippen molar-refractivity contribution in [3.63, 3.8) is 0 Å². The van der Waals surface area contributed by atoms with Crippen LogP contribution in [0, 0.1) is 0 Å². The molecule has 0 bridgehead atoms. The van der Waals surface area contributed by atoms with E-state index in [1.165, 1.54) is 17.5 Å². The third kappa shape index (κ3) is 5.84. The van der Waals surface area contributed by atoms with Gasteiger partial charge in [-0.05, 0) is 81.1 Å². The number of aryl methyl sites for hydroxylation is 1. The highest BCUT2D eigenvalue weighted by Gasteiger charge is 2.21. The Balaban J connectivity index is 1.96. The zero-order valence-corrected chi connectivity index (χ0v) is 19.2. The number of ether oxygens (including phenoxy) is 1. The highest BCUT2D eigenvalue weighted by atomic mass is 35.5. The molecule has 0 spiro atoms. The van der Waals surface area contributed by atoms with Gasteiger partial charge < -0.3 is 14.0 Å². The average Bonchev–Trinajstić information content (AvgIpc) is 3.01. The molecule has 1 N–H and O–H groups in total. The molecule has 0 aliphatic carbocycles. The van der Waals surface area contributed by atoms with Crippen LogP contribution >= 0.6 is 35.1 Å². The maximum absolute atomic E-state index is 12.6. The van der Waals surface area contributed by atoms with Gasteiger partial charge in [0.1, 0.15) is 12.1 Å². The summed E-state index contributed by atoms with van der Waals surface area (Å²) in [5, 5.41) is 2.24. The summed E-state index contributed by atoms with van der Waals surface area (Å²) < 4.78 is 7.44. The summed E-state index contributed by atoms with van der Waals surface area (Å²) in [6.07, 6.45) is 2.95. The summed E-state index contributed by atoms with van der Waals surface area (Å²) in [5.74, 6) is -0.303. The van der Waals surface area contributed by atoms with Crippen LogP contribution in [0.15, 0.2) is 47.5 Å². The van der Waals surface area contributed by atoms with Crippen LogP contribution in [-0.4, -0.2) is 23.1 Å². The van der Waals surface area contributed by atoms with Gasteiger partial charge in [0.15, 0.2) is 0 Å².